The predicted octanol–water partition coefficient (Wildman–Crippen LogP) is 3.99. The second-order valence-corrected chi connectivity index (χ2v) is 6.38. The van der Waals surface area contributed by atoms with Crippen LogP contribution in [0, 0.1) is 12.3 Å². The molecule has 4 heteroatoms. The number of anilines is 2. The predicted molar refractivity (Wildman–Crippen MR) is 85.2 cm³/mol. The molecule has 0 amide bonds. The van der Waals surface area contributed by atoms with Crippen LogP contribution in [0.15, 0.2) is 6.20 Å². The van der Waals surface area contributed by atoms with Gasteiger partial charge in [-0.3, -0.25) is 0 Å². The molecule has 0 radical (unpaired) electrons. The van der Waals surface area contributed by atoms with Crippen molar-refractivity contribution in [2.75, 3.05) is 23.7 Å². The van der Waals surface area contributed by atoms with Crippen LogP contribution in [0.1, 0.15) is 57.9 Å². The maximum Gasteiger partial charge on any atom is 0.224 e. The summed E-state index contributed by atoms with van der Waals surface area (Å²) >= 11 is 0. The molecule has 1 aliphatic rings. The number of nitrogens with zero attached hydrogens (tertiary/aromatic N) is 2. The Kier molecular flexibility index (Phi) is 5.21. The molecule has 0 spiro atoms. The van der Waals surface area contributed by atoms with Crippen LogP contribution >= 0.6 is 0 Å². The van der Waals surface area contributed by atoms with Crippen molar-refractivity contribution >= 4 is 11.8 Å². The van der Waals surface area contributed by atoms with Gasteiger partial charge in [0.1, 0.15) is 5.82 Å². The van der Waals surface area contributed by atoms with Crippen LogP contribution in [0.5, 0.6) is 0 Å². The summed E-state index contributed by atoms with van der Waals surface area (Å²) in [6, 6.07) is 0. The first-order valence-electron chi connectivity index (χ1n) is 7.94. The highest BCUT2D eigenvalue weighted by molar-refractivity contribution is 5.46. The van der Waals surface area contributed by atoms with Gasteiger partial charge in [0.2, 0.25) is 5.95 Å². The van der Waals surface area contributed by atoms with E-state index in [1.807, 2.05) is 6.20 Å². The Hall–Kier alpha value is -1.32. The van der Waals surface area contributed by atoms with Gasteiger partial charge in [0.25, 0.3) is 0 Å². The zero-order chi connectivity index (χ0) is 14.4. The molecule has 0 atom stereocenters. The first-order valence-corrected chi connectivity index (χ1v) is 7.94. The molecule has 4 nitrogen and oxygen atoms in total. The minimum Gasteiger partial charge on any atom is -0.369 e. The van der Waals surface area contributed by atoms with Crippen molar-refractivity contribution < 1.29 is 0 Å². The summed E-state index contributed by atoms with van der Waals surface area (Å²) in [6.07, 6.45) is 9.76. The number of nitrogens with one attached hydrogen (secondary N) is 2. The Morgan fingerprint density at radius 1 is 1.20 bits per heavy atom. The molecule has 1 heterocycles. The molecular formula is C16H28N4. The van der Waals surface area contributed by atoms with Crippen LogP contribution in [-0.4, -0.2) is 23.1 Å². The van der Waals surface area contributed by atoms with Crippen molar-refractivity contribution in [2.24, 2.45) is 5.41 Å². The van der Waals surface area contributed by atoms with E-state index in [1.165, 1.54) is 32.1 Å². The lowest BCUT2D eigenvalue weighted by Gasteiger charge is -2.34. The Labute approximate surface area is 122 Å². The van der Waals surface area contributed by atoms with Gasteiger partial charge in [-0.1, -0.05) is 33.1 Å². The molecule has 0 saturated heterocycles. The molecule has 0 aliphatic heterocycles. The van der Waals surface area contributed by atoms with Gasteiger partial charge < -0.3 is 10.6 Å². The minimum atomic E-state index is 0.423. The summed E-state index contributed by atoms with van der Waals surface area (Å²) in [7, 11) is 0. The molecule has 1 fully saturated rings. The number of aryl methyl sites for hydroxylation is 1. The third-order valence-electron chi connectivity index (χ3n) is 4.25. The van der Waals surface area contributed by atoms with Crippen LogP contribution in [0.3, 0.4) is 0 Å². The lowest BCUT2D eigenvalue weighted by atomic mass is 9.76. The minimum absolute atomic E-state index is 0.423. The summed E-state index contributed by atoms with van der Waals surface area (Å²) in [4.78, 5) is 8.92. The number of hydrogen-bond acceptors (Lipinski definition) is 4. The van der Waals surface area contributed by atoms with Gasteiger partial charge in [-0.05, 0) is 31.6 Å². The van der Waals surface area contributed by atoms with Crippen LogP contribution in [0.2, 0.25) is 0 Å². The van der Waals surface area contributed by atoms with Crippen molar-refractivity contribution in [1.29, 1.82) is 0 Å². The largest absolute Gasteiger partial charge is 0.369 e. The Morgan fingerprint density at radius 2 is 1.95 bits per heavy atom. The van der Waals surface area contributed by atoms with Crippen LogP contribution in [-0.2, 0) is 0 Å². The van der Waals surface area contributed by atoms with Crippen molar-refractivity contribution in [3.05, 3.63) is 11.8 Å². The maximum absolute atomic E-state index is 4.59. The average Bonchev–Trinajstić information content (AvgIpc) is 2.46. The highest BCUT2D eigenvalue weighted by atomic mass is 15.1. The van der Waals surface area contributed by atoms with Crippen LogP contribution in [0.4, 0.5) is 11.8 Å². The third kappa shape index (κ3) is 4.09. The lowest BCUT2D eigenvalue weighted by molar-refractivity contribution is 0.233. The fourth-order valence-corrected chi connectivity index (χ4v) is 2.82. The molecule has 20 heavy (non-hydrogen) atoms. The Bertz CT molecular complexity index is 424. The fourth-order valence-electron chi connectivity index (χ4n) is 2.82. The number of hydrogen-bond donors (Lipinski definition) is 2. The molecule has 0 unspecified atom stereocenters. The zero-order valence-corrected chi connectivity index (χ0v) is 13.1. The summed E-state index contributed by atoms with van der Waals surface area (Å²) < 4.78 is 0. The molecular weight excluding hydrogens is 248 g/mol. The monoisotopic (exact) mass is 276 g/mol. The van der Waals surface area contributed by atoms with Crippen molar-refractivity contribution in [1.82, 2.24) is 9.97 Å². The second-order valence-electron chi connectivity index (χ2n) is 6.38. The molecule has 1 saturated carbocycles. The van der Waals surface area contributed by atoms with Crippen LogP contribution in [0.25, 0.3) is 0 Å². The average molecular weight is 276 g/mol. The van der Waals surface area contributed by atoms with Gasteiger partial charge in [-0.25, -0.2) is 4.98 Å². The number of rotatable bonds is 6. The molecule has 2 N–H and O–H groups in total. The molecule has 2 rings (SSSR count). The standard InChI is InChI=1S/C16H28N4/c1-4-10-17-15-18-11-13(2)14(20-15)19-12-16(3)8-6-5-7-9-16/h11H,4-10,12H2,1-3H3,(H2,17,18,19,20). The van der Waals surface area contributed by atoms with Gasteiger partial charge in [0, 0.05) is 24.8 Å². The molecule has 112 valence electrons. The molecule has 0 bridgehead atoms. The van der Waals surface area contributed by atoms with Gasteiger partial charge in [0.15, 0.2) is 0 Å². The van der Waals surface area contributed by atoms with E-state index in [0.717, 1.165) is 36.8 Å². The fraction of sp³-hybridized carbons (Fsp3) is 0.750. The summed E-state index contributed by atoms with van der Waals surface area (Å²) in [6.45, 7) is 8.53. The lowest BCUT2D eigenvalue weighted by Crippen LogP contribution is -2.29. The topological polar surface area (TPSA) is 49.8 Å². The summed E-state index contributed by atoms with van der Waals surface area (Å²) in [5.41, 5.74) is 1.54. The van der Waals surface area contributed by atoms with E-state index in [2.05, 4.69) is 41.4 Å². The van der Waals surface area contributed by atoms with Crippen molar-refractivity contribution in [2.45, 2.75) is 59.3 Å². The first kappa shape index (κ1) is 15.1. The van der Waals surface area contributed by atoms with E-state index < -0.39 is 0 Å². The first-order chi connectivity index (χ1) is 9.63. The highest BCUT2D eigenvalue weighted by Gasteiger charge is 2.26. The molecule has 1 aromatic rings. The summed E-state index contributed by atoms with van der Waals surface area (Å²) in [5.74, 6) is 1.71. The highest BCUT2D eigenvalue weighted by Crippen LogP contribution is 2.35. The van der Waals surface area contributed by atoms with Crippen LogP contribution < -0.4 is 10.6 Å². The normalized spacial score (nSPS) is 17.8. The molecule has 1 aromatic heterocycles. The molecule has 1 aliphatic carbocycles. The molecule has 0 aromatic carbocycles. The number of aromatic nitrogens is 2. The maximum atomic E-state index is 4.59. The van der Waals surface area contributed by atoms with E-state index in [1.54, 1.807) is 0 Å². The smallest absolute Gasteiger partial charge is 0.224 e. The Morgan fingerprint density at radius 3 is 2.65 bits per heavy atom. The Balaban J connectivity index is 1.97. The van der Waals surface area contributed by atoms with E-state index in [0.29, 0.717) is 5.41 Å². The third-order valence-corrected chi connectivity index (χ3v) is 4.25. The van der Waals surface area contributed by atoms with E-state index in [9.17, 15) is 0 Å². The van der Waals surface area contributed by atoms with Gasteiger partial charge >= 0.3 is 0 Å². The van der Waals surface area contributed by atoms with E-state index in [-0.39, 0.29) is 0 Å². The second kappa shape index (κ2) is 6.91. The van der Waals surface area contributed by atoms with E-state index >= 15 is 0 Å². The van der Waals surface area contributed by atoms with Crippen molar-refractivity contribution in [3.8, 4) is 0 Å². The van der Waals surface area contributed by atoms with Gasteiger partial charge in [-0.15, -0.1) is 0 Å². The quantitative estimate of drug-likeness (QED) is 0.825. The van der Waals surface area contributed by atoms with Gasteiger partial charge in [-0.2, -0.15) is 4.98 Å². The van der Waals surface area contributed by atoms with Crippen molar-refractivity contribution in [3.63, 3.8) is 0 Å². The summed E-state index contributed by atoms with van der Waals surface area (Å²) in [5, 5.41) is 6.80. The van der Waals surface area contributed by atoms with E-state index in [4.69, 9.17) is 0 Å². The zero-order valence-electron chi connectivity index (χ0n) is 13.1. The SMILES string of the molecule is CCCNc1ncc(C)c(NCC2(C)CCCCC2)n1. The van der Waals surface area contributed by atoms with Gasteiger partial charge in [0.05, 0.1) is 0 Å².